The van der Waals surface area contributed by atoms with Crippen molar-refractivity contribution in [3.63, 3.8) is 0 Å². The number of anilines is 1. The number of nitrogens with zero attached hydrogens (tertiary/aromatic N) is 1. The molecule has 0 radical (unpaired) electrons. The Bertz CT molecular complexity index is 351. The highest BCUT2D eigenvalue weighted by Crippen LogP contribution is 2.26. The highest BCUT2D eigenvalue weighted by atomic mass is 35.5. The van der Waals surface area contributed by atoms with Crippen molar-refractivity contribution >= 4 is 29.1 Å². The molecule has 0 amide bonds. The van der Waals surface area contributed by atoms with Crippen molar-refractivity contribution in [2.45, 2.75) is 17.7 Å². The Labute approximate surface area is 106 Å². The van der Waals surface area contributed by atoms with Crippen LogP contribution in [-0.4, -0.2) is 30.3 Å². The van der Waals surface area contributed by atoms with Gasteiger partial charge in [-0.15, -0.1) is 11.8 Å². The lowest BCUT2D eigenvalue weighted by atomic mass is 10.3. The van der Waals surface area contributed by atoms with Gasteiger partial charge in [-0.2, -0.15) is 0 Å². The Hall–Kier alpha value is -0.380. The standard InChI is InChI=1S/C12H17ClN2S/c13-11-9-10(3-4-12(11)14)16-8-7-15-5-1-2-6-15/h3-4,9H,1-2,5-8,14H2. The summed E-state index contributed by atoms with van der Waals surface area (Å²) >= 11 is 7.82. The SMILES string of the molecule is Nc1ccc(SCCN2CCCC2)cc1Cl. The van der Waals surface area contributed by atoms with Crippen LogP contribution in [0, 0.1) is 0 Å². The van der Waals surface area contributed by atoms with Crippen LogP contribution in [0.4, 0.5) is 5.69 Å². The molecule has 0 aromatic heterocycles. The average Bonchev–Trinajstić information content (AvgIpc) is 2.76. The Morgan fingerprint density at radius 1 is 1.31 bits per heavy atom. The summed E-state index contributed by atoms with van der Waals surface area (Å²) in [6, 6.07) is 5.86. The van der Waals surface area contributed by atoms with Crippen LogP contribution < -0.4 is 5.73 Å². The van der Waals surface area contributed by atoms with Gasteiger partial charge in [0, 0.05) is 17.2 Å². The van der Waals surface area contributed by atoms with Crippen LogP contribution in [0.1, 0.15) is 12.8 Å². The zero-order valence-electron chi connectivity index (χ0n) is 9.29. The quantitative estimate of drug-likeness (QED) is 0.663. The number of hydrogen-bond acceptors (Lipinski definition) is 3. The summed E-state index contributed by atoms with van der Waals surface area (Å²) in [5, 5.41) is 0.658. The Morgan fingerprint density at radius 2 is 2.06 bits per heavy atom. The third-order valence-corrected chi connectivity index (χ3v) is 4.15. The van der Waals surface area contributed by atoms with Crippen molar-refractivity contribution in [3.8, 4) is 0 Å². The maximum atomic E-state index is 5.97. The van der Waals surface area contributed by atoms with Gasteiger partial charge in [-0.05, 0) is 44.1 Å². The van der Waals surface area contributed by atoms with Crippen LogP contribution in [0.5, 0.6) is 0 Å². The van der Waals surface area contributed by atoms with Crippen LogP contribution in [0.2, 0.25) is 5.02 Å². The molecule has 4 heteroatoms. The lowest BCUT2D eigenvalue weighted by Crippen LogP contribution is -2.21. The zero-order valence-corrected chi connectivity index (χ0v) is 10.9. The zero-order chi connectivity index (χ0) is 11.4. The Balaban J connectivity index is 1.78. The second kappa shape index (κ2) is 5.80. The van der Waals surface area contributed by atoms with E-state index in [1.165, 1.54) is 37.4 Å². The van der Waals surface area contributed by atoms with E-state index in [4.69, 9.17) is 17.3 Å². The van der Waals surface area contributed by atoms with Gasteiger partial charge in [0.15, 0.2) is 0 Å². The van der Waals surface area contributed by atoms with Crippen LogP contribution in [-0.2, 0) is 0 Å². The number of hydrogen-bond donors (Lipinski definition) is 1. The molecule has 2 rings (SSSR count). The normalized spacial score (nSPS) is 16.8. The van der Waals surface area contributed by atoms with Crippen molar-refractivity contribution in [2.24, 2.45) is 0 Å². The molecular formula is C12H17ClN2S. The van der Waals surface area contributed by atoms with Crippen LogP contribution in [0.25, 0.3) is 0 Å². The van der Waals surface area contributed by atoms with Gasteiger partial charge in [-0.25, -0.2) is 0 Å². The van der Waals surface area contributed by atoms with E-state index in [1.54, 1.807) is 0 Å². The Kier molecular flexibility index (Phi) is 4.38. The molecule has 0 atom stereocenters. The fraction of sp³-hybridized carbons (Fsp3) is 0.500. The first-order valence-corrected chi connectivity index (χ1v) is 7.02. The first-order valence-electron chi connectivity index (χ1n) is 5.66. The molecule has 1 aliphatic rings. The predicted octanol–water partition coefficient (Wildman–Crippen LogP) is 3.11. The summed E-state index contributed by atoms with van der Waals surface area (Å²) in [6.07, 6.45) is 2.72. The molecule has 1 aromatic carbocycles. The van der Waals surface area contributed by atoms with E-state index in [0.717, 1.165) is 5.75 Å². The second-order valence-corrected chi connectivity index (χ2v) is 5.66. The van der Waals surface area contributed by atoms with E-state index in [9.17, 15) is 0 Å². The van der Waals surface area contributed by atoms with Gasteiger partial charge in [-0.1, -0.05) is 11.6 Å². The molecule has 0 spiro atoms. The third kappa shape index (κ3) is 3.30. The van der Waals surface area contributed by atoms with E-state index < -0.39 is 0 Å². The smallest absolute Gasteiger partial charge is 0.0646 e. The minimum absolute atomic E-state index is 0.658. The molecule has 2 nitrogen and oxygen atoms in total. The van der Waals surface area contributed by atoms with Crippen molar-refractivity contribution < 1.29 is 0 Å². The second-order valence-electron chi connectivity index (χ2n) is 4.08. The van der Waals surface area contributed by atoms with Gasteiger partial charge >= 0.3 is 0 Å². The predicted molar refractivity (Wildman–Crippen MR) is 72.3 cm³/mol. The van der Waals surface area contributed by atoms with E-state index in [2.05, 4.69) is 4.90 Å². The maximum Gasteiger partial charge on any atom is 0.0646 e. The van der Waals surface area contributed by atoms with Crippen LogP contribution in [0.15, 0.2) is 23.1 Å². The number of rotatable bonds is 4. The number of nitrogen functional groups attached to an aromatic ring is 1. The number of benzene rings is 1. The van der Waals surface area contributed by atoms with E-state index in [-0.39, 0.29) is 0 Å². The van der Waals surface area contributed by atoms with Crippen molar-refractivity contribution in [1.29, 1.82) is 0 Å². The highest BCUT2D eigenvalue weighted by Gasteiger charge is 2.10. The fourth-order valence-corrected chi connectivity index (χ4v) is 3.09. The molecule has 1 aromatic rings. The first-order chi connectivity index (χ1) is 7.75. The highest BCUT2D eigenvalue weighted by molar-refractivity contribution is 7.99. The summed E-state index contributed by atoms with van der Waals surface area (Å²) in [6.45, 7) is 3.71. The van der Waals surface area contributed by atoms with Gasteiger partial charge in [0.2, 0.25) is 0 Å². The van der Waals surface area contributed by atoms with Crippen LogP contribution >= 0.6 is 23.4 Å². The first kappa shape index (κ1) is 12.1. The maximum absolute atomic E-state index is 5.97. The van der Waals surface area contributed by atoms with E-state index in [1.807, 2.05) is 30.0 Å². The molecule has 0 bridgehead atoms. The van der Waals surface area contributed by atoms with Crippen molar-refractivity contribution in [3.05, 3.63) is 23.2 Å². The van der Waals surface area contributed by atoms with E-state index >= 15 is 0 Å². The van der Waals surface area contributed by atoms with Gasteiger partial charge in [0.25, 0.3) is 0 Å². The molecule has 1 aliphatic heterocycles. The molecule has 1 heterocycles. The molecule has 88 valence electrons. The molecule has 0 saturated carbocycles. The molecular weight excluding hydrogens is 240 g/mol. The lowest BCUT2D eigenvalue weighted by Gasteiger charge is -2.13. The lowest BCUT2D eigenvalue weighted by molar-refractivity contribution is 0.362. The number of thioether (sulfide) groups is 1. The monoisotopic (exact) mass is 256 g/mol. The number of likely N-dealkylation sites (tertiary alicyclic amines) is 1. The number of halogens is 1. The van der Waals surface area contributed by atoms with Gasteiger partial charge < -0.3 is 10.6 Å². The summed E-state index contributed by atoms with van der Waals surface area (Å²) in [7, 11) is 0. The third-order valence-electron chi connectivity index (χ3n) is 2.85. The van der Waals surface area contributed by atoms with Crippen molar-refractivity contribution in [1.82, 2.24) is 4.90 Å². The molecule has 2 N–H and O–H groups in total. The largest absolute Gasteiger partial charge is 0.398 e. The Morgan fingerprint density at radius 3 is 2.75 bits per heavy atom. The van der Waals surface area contributed by atoms with Crippen molar-refractivity contribution in [2.75, 3.05) is 31.1 Å². The molecule has 1 fully saturated rings. The molecule has 1 saturated heterocycles. The minimum atomic E-state index is 0.658. The van der Waals surface area contributed by atoms with E-state index in [0.29, 0.717) is 10.7 Å². The summed E-state index contributed by atoms with van der Waals surface area (Å²) in [5.74, 6) is 1.13. The minimum Gasteiger partial charge on any atom is -0.398 e. The van der Waals surface area contributed by atoms with Gasteiger partial charge in [0.1, 0.15) is 0 Å². The fourth-order valence-electron chi connectivity index (χ4n) is 1.90. The summed E-state index contributed by atoms with van der Waals surface area (Å²) in [5.41, 5.74) is 6.33. The summed E-state index contributed by atoms with van der Waals surface area (Å²) in [4.78, 5) is 3.73. The molecule has 16 heavy (non-hydrogen) atoms. The molecule has 0 unspecified atom stereocenters. The topological polar surface area (TPSA) is 29.3 Å². The van der Waals surface area contributed by atoms with Gasteiger partial charge in [-0.3, -0.25) is 0 Å². The van der Waals surface area contributed by atoms with Gasteiger partial charge in [0.05, 0.1) is 10.7 Å². The van der Waals surface area contributed by atoms with Crippen LogP contribution in [0.3, 0.4) is 0 Å². The summed E-state index contributed by atoms with van der Waals surface area (Å²) < 4.78 is 0. The molecule has 0 aliphatic carbocycles. The number of nitrogens with two attached hydrogens (primary N) is 1. The average molecular weight is 257 g/mol.